The van der Waals surface area contributed by atoms with Gasteiger partial charge in [0.05, 0.1) is 12.2 Å². The van der Waals surface area contributed by atoms with Crippen LogP contribution in [-0.4, -0.2) is 48.8 Å². The Hall–Kier alpha value is -0.120. The molecule has 4 atom stereocenters. The number of likely N-dealkylation sites (tertiary alicyclic amines) is 1. The molecule has 0 aromatic heterocycles. The van der Waals surface area contributed by atoms with Gasteiger partial charge in [0, 0.05) is 25.2 Å². The summed E-state index contributed by atoms with van der Waals surface area (Å²) in [5.74, 6) is 0.924. The average Bonchev–Trinajstić information content (AvgIpc) is 3.04. The van der Waals surface area contributed by atoms with Crippen molar-refractivity contribution in [3.05, 3.63) is 0 Å². The molecule has 0 aromatic carbocycles. The highest BCUT2D eigenvalue weighted by Crippen LogP contribution is 2.37. The van der Waals surface area contributed by atoms with Gasteiger partial charge in [-0.2, -0.15) is 0 Å². The third-order valence-electron chi connectivity index (χ3n) is 5.16. The average molecular weight is 236 g/mol. The number of rotatable bonds is 4. The molecule has 4 fully saturated rings. The van der Waals surface area contributed by atoms with Crippen LogP contribution < -0.4 is 5.32 Å². The molecule has 96 valence electrons. The fraction of sp³-hybridized carbons (Fsp3) is 1.00. The summed E-state index contributed by atoms with van der Waals surface area (Å²) in [4.78, 5) is 2.74. The zero-order chi connectivity index (χ0) is 11.2. The Labute approximate surface area is 104 Å². The van der Waals surface area contributed by atoms with Crippen molar-refractivity contribution in [3.8, 4) is 0 Å². The Bertz CT molecular complexity index is 280. The van der Waals surface area contributed by atoms with Crippen molar-refractivity contribution in [1.82, 2.24) is 10.2 Å². The summed E-state index contributed by atoms with van der Waals surface area (Å²) < 4.78 is 5.93. The van der Waals surface area contributed by atoms with Crippen LogP contribution in [0.1, 0.15) is 38.5 Å². The molecule has 4 aliphatic rings. The maximum Gasteiger partial charge on any atom is 0.0707 e. The molecule has 0 amide bonds. The first-order chi connectivity index (χ1) is 8.38. The maximum atomic E-state index is 5.93. The Morgan fingerprint density at radius 3 is 2.29 bits per heavy atom. The smallest absolute Gasteiger partial charge is 0.0707 e. The number of nitrogens with zero attached hydrogens (tertiary/aromatic N) is 1. The van der Waals surface area contributed by atoms with Gasteiger partial charge in [-0.25, -0.2) is 0 Å². The summed E-state index contributed by atoms with van der Waals surface area (Å²) in [6, 6.07) is 1.74. The molecule has 2 saturated heterocycles. The van der Waals surface area contributed by atoms with E-state index < -0.39 is 0 Å². The molecule has 2 aliphatic heterocycles. The SMILES string of the molecule is C1CC1NCC1CCC1N1CC2CCC(C1)O2. The van der Waals surface area contributed by atoms with Gasteiger partial charge in [-0.1, -0.05) is 0 Å². The van der Waals surface area contributed by atoms with Gasteiger partial charge in [0.15, 0.2) is 0 Å². The van der Waals surface area contributed by atoms with Crippen molar-refractivity contribution in [3.63, 3.8) is 0 Å². The monoisotopic (exact) mass is 236 g/mol. The quantitative estimate of drug-likeness (QED) is 0.798. The summed E-state index contributed by atoms with van der Waals surface area (Å²) in [6.45, 7) is 3.68. The second kappa shape index (κ2) is 4.22. The molecule has 0 radical (unpaired) electrons. The lowest BCUT2D eigenvalue weighted by atomic mass is 9.78. The highest BCUT2D eigenvalue weighted by atomic mass is 16.5. The second-order valence-corrected chi connectivity index (χ2v) is 6.50. The third kappa shape index (κ3) is 2.13. The first-order valence-electron chi connectivity index (χ1n) is 7.51. The number of nitrogens with one attached hydrogen (secondary N) is 1. The first kappa shape index (κ1) is 10.8. The van der Waals surface area contributed by atoms with Crippen molar-refractivity contribution in [2.24, 2.45) is 5.92 Å². The van der Waals surface area contributed by atoms with Gasteiger partial charge in [0.1, 0.15) is 0 Å². The molecule has 3 nitrogen and oxygen atoms in total. The lowest BCUT2D eigenvalue weighted by Crippen LogP contribution is -2.56. The summed E-state index contributed by atoms with van der Waals surface area (Å²) in [6.07, 6.45) is 9.43. The van der Waals surface area contributed by atoms with E-state index in [2.05, 4.69) is 10.2 Å². The lowest BCUT2D eigenvalue weighted by molar-refractivity contribution is -0.0775. The van der Waals surface area contributed by atoms with Gasteiger partial charge in [-0.3, -0.25) is 4.90 Å². The Morgan fingerprint density at radius 2 is 1.71 bits per heavy atom. The van der Waals surface area contributed by atoms with Crippen molar-refractivity contribution >= 4 is 0 Å². The molecule has 4 unspecified atom stereocenters. The van der Waals surface area contributed by atoms with E-state index in [-0.39, 0.29) is 0 Å². The van der Waals surface area contributed by atoms with Crippen LogP contribution in [0.3, 0.4) is 0 Å². The highest BCUT2D eigenvalue weighted by molar-refractivity contribution is 4.96. The molecule has 0 spiro atoms. The lowest BCUT2D eigenvalue weighted by Gasteiger charge is -2.47. The van der Waals surface area contributed by atoms with Crippen LogP contribution in [-0.2, 0) is 4.74 Å². The second-order valence-electron chi connectivity index (χ2n) is 6.50. The minimum Gasteiger partial charge on any atom is -0.372 e. The van der Waals surface area contributed by atoms with E-state index in [0.29, 0.717) is 12.2 Å². The van der Waals surface area contributed by atoms with Gasteiger partial charge >= 0.3 is 0 Å². The van der Waals surface area contributed by atoms with E-state index >= 15 is 0 Å². The van der Waals surface area contributed by atoms with Crippen LogP contribution in [0.15, 0.2) is 0 Å². The normalized spacial score (nSPS) is 45.9. The van der Waals surface area contributed by atoms with E-state index in [1.54, 1.807) is 0 Å². The Balaban J connectivity index is 1.31. The fourth-order valence-electron chi connectivity index (χ4n) is 3.79. The number of fused-ring (bicyclic) bond motifs is 2. The van der Waals surface area contributed by atoms with Crippen molar-refractivity contribution in [2.45, 2.75) is 62.8 Å². The van der Waals surface area contributed by atoms with E-state index in [1.807, 2.05) is 0 Å². The molecule has 17 heavy (non-hydrogen) atoms. The highest BCUT2D eigenvalue weighted by Gasteiger charge is 2.42. The zero-order valence-corrected chi connectivity index (χ0v) is 10.6. The minimum absolute atomic E-state index is 0.561. The van der Waals surface area contributed by atoms with Crippen LogP contribution in [0.2, 0.25) is 0 Å². The third-order valence-corrected chi connectivity index (χ3v) is 5.16. The van der Waals surface area contributed by atoms with Crippen molar-refractivity contribution in [1.29, 1.82) is 0 Å². The topological polar surface area (TPSA) is 24.5 Å². The summed E-state index contributed by atoms with van der Waals surface area (Å²) in [5, 5.41) is 3.71. The Kier molecular flexibility index (Phi) is 2.67. The molecule has 2 bridgehead atoms. The van der Waals surface area contributed by atoms with E-state index in [0.717, 1.165) is 18.0 Å². The van der Waals surface area contributed by atoms with Gasteiger partial charge in [0.2, 0.25) is 0 Å². The van der Waals surface area contributed by atoms with E-state index in [4.69, 9.17) is 4.74 Å². The maximum absolute atomic E-state index is 5.93. The van der Waals surface area contributed by atoms with Gasteiger partial charge in [-0.05, 0) is 51.0 Å². The molecule has 4 rings (SSSR count). The summed E-state index contributed by atoms with van der Waals surface area (Å²) in [5.41, 5.74) is 0. The summed E-state index contributed by atoms with van der Waals surface area (Å²) in [7, 11) is 0. The van der Waals surface area contributed by atoms with Crippen LogP contribution in [0.5, 0.6) is 0 Å². The standard InChI is InChI=1S/C14H24N2O/c1-6-14(10(1)7-15-11-2-3-11)16-8-12-4-5-13(9-16)17-12/h10-15H,1-9H2. The molecular weight excluding hydrogens is 212 g/mol. The molecule has 2 aliphatic carbocycles. The van der Waals surface area contributed by atoms with Gasteiger partial charge in [-0.15, -0.1) is 0 Å². The minimum atomic E-state index is 0.561. The van der Waals surface area contributed by atoms with Gasteiger partial charge < -0.3 is 10.1 Å². The van der Waals surface area contributed by atoms with Crippen LogP contribution in [0, 0.1) is 5.92 Å². The molecular formula is C14H24N2O. The number of hydrogen-bond acceptors (Lipinski definition) is 3. The van der Waals surface area contributed by atoms with Crippen molar-refractivity contribution < 1.29 is 4.74 Å². The zero-order valence-electron chi connectivity index (χ0n) is 10.6. The van der Waals surface area contributed by atoms with Gasteiger partial charge in [0.25, 0.3) is 0 Å². The van der Waals surface area contributed by atoms with Crippen LogP contribution in [0.25, 0.3) is 0 Å². The van der Waals surface area contributed by atoms with Crippen LogP contribution in [0.4, 0.5) is 0 Å². The predicted molar refractivity (Wildman–Crippen MR) is 67.0 cm³/mol. The first-order valence-corrected chi connectivity index (χ1v) is 7.51. The summed E-state index contributed by atoms with van der Waals surface area (Å²) >= 11 is 0. The van der Waals surface area contributed by atoms with Crippen LogP contribution >= 0.6 is 0 Å². The molecule has 3 heteroatoms. The molecule has 2 saturated carbocycles. The number of ether oxygens (including phenoxy) is 1. The Morgan fingerprint density at radius 1 is 0.941 bits per heavy atom. The predicted octanol–water partition coefficient (Wildman–Crippen LogP) is 1.38. The molecule has 2 heterocycles. The van der Waals surface area contributed by atoms with Crippen molar-refractivity contribution in [2.75, 3.05) is 19.6 Å². The van der Waals surface area contributed by atoms with E-state index in [1.165, 1.54) is 58.2 Å². The van der Waals surface area contributed by atoms with E-state index in [9.17, 15) is 0 Å². The number of hydrogen-bond donors (Lipinski definition) is 1. The fourth-order valence-corrected chi connectivity index (χ4v) is 3.79. The largest absolute Gasteiger partial charge is 0.372 e. The molecule has 0 aromatic rings. The molecule has 1 N–H and O–H groups in total. The number of morpholine rings is 1.